The molecule has 4 nitrogen and oxygen atoms in total. The standard InChI is InChI=1S/C13H7IO4/c15-12-10-2-1-9(7-11(10)13(16)18-12)17-8-3-5-14-6-4-8/h1-7H. The van der Waals surface area contributed by atoms with Gasteiger partial charge < -0.3 is 9.47 Å². The Balaban J connectivity index is 1.92. The molecule has 5 heteroatoms. The molecule has 1 aromatic rings. The first-order valence-corrected chi connectivity index (χ1v) is 7.63. The molecule has 18 heavy (non-hydrogen) atoms. The van der Waals surface area contributed by atoms with Gasteiger partial charge in [0.05, 0.1) is 11.1 Å². The molecule has 0 atom stereocenters. The van der Waals surface area contributed by atoms with E-state index in [2.05, 4.69) is 12.8 Å². The Bertz CT molecular complexity index is 640. The number of rotatable bonds is 2. The summed E-state index contributed by atoms with van der Waals surface area (Å²) in [4.78, 5) is 22.7. The van der Waals surface area contributed by atoms with Crippen LogP contribution in [0, 0.1) is 0 Å². The zero-order chi connectivity index (χ0) is 12.5. The van der Waals surface area contributed by atoms with Gasteiger partial charge in [-0.3, -0.25) is 0 Å². The lowest BCUT2D eigenvalue weighted by Crippen LogP contribution is -1.97. The van der Waals surface area contributed by atoms with Crippen LogP contribution >= 0.6 is 20.7 Å². The van der Waals surface area contributed by atoms with Gasteiger partial charge in [-0.1, -0.05) is 20.7 Å². The first kappa shape index (κ1) is 11.3. The Labute approximate surface area is 113 Å². The Morgan fingerprint density at radius 3 is 2.72 bits per heavy atom. The van der Waals surface area contributed by atoms with Crippen molar-refractivity contribution in [3.8, 4) is 5.75 Å². The van der Waals surface area contributed by atoms with Gasteiger partial charge in [-0.2, -0.15) is 0 Å². The van der Waals surface area contributed by atoms with Crippen molar-refractivity contribution in [2.24, 2.45) is 0 Å². The largest absolute Gasteiger partial charge is 0.457 e. The third-order valence-corrected chi connectivity index (χ3v) is 4.00. The molecule has 90 valence electrons. The minimum atomic E-state index is -0.619. The number of allylic oxidation sites excluding steroid dienone is 2. The molecule has 0 spiro atoms. The lowest BCUT2D eigenvalue weighted by atomic mass is 10.1. The minimum Gasteiger partial charge on any atom is -0.457 e. The molecule has 0 radical (unpaired) electrons. The first-order chi connectivity index (χ1) is 8.74. The molecule has 2 heterocycles. The molecule has 0 saturated heterocycles. The molecular weight excluding hydrogens is 347 g/mol. The van der Waals surface area contributed by atoms with Gasteiger partial charge in [-0.15, -0.1) is 0 Å². The van der Waals surface area contributed by atoms with Gasteiger partial charge in [0.1, 0.15) is 11.5 Å². The van der Waals surface area contributed by atoms with Crippen molar-refractivity contribution in [1.29, 1.82) is 0 Å². The molecule has 2 aliphatic heterocycles. The average Bonchev–Trinajstić information content (AvgIpc) is 2.66. The zero-order valence-corrected chi connectivity index (χ0v) is 11.2. The molecule has 0 amide bonds. The number of esters is 2. The highest BCUT2D eigenvalue weighted by atomic mass is 127. The average molecular weight is 354 g/mol. The highest BCUT2D eigenvalue weighted by Gasteiger charge is 2.29. The van der Waals surface area contributed by atoms with Gasteiger partial charge >= 0.3 is 11.9 Å². The summed E-state index contributed by atoms with van der Waals surface area (Å²) in [6.07, 6.45) is 3.81. The number of hydrogen-bond donors (Lipinski definition) is 0. The van der Waals surface area contributed by atoms with Crippen LogP contribution < -0.4 is 4.74 Å². The van der Waals surface area contributed by atoms with E-state index in [0.29, 0.717) is 5.75 Å². The molecule has 0 unspecified atom stereocenters. The molecular formula is C13H7IO4. The fourth-order valence-corrected chi connectivity index (χ4v) is 2.99. The Kier molecular flexibility index (Phi) is 2.83. The third-order valence-electron chi connectivity index (χ3n) is 2.45. The summed E-state index contributed by atoms with van der Waals surface area (Å²) in [5.74, 6) is 0.0193. The van der Waals surface area contributed by atoms with Crippen LogP contribution in [-0.2, 0) is 4.74 Å². The van der Waals surface area contributed by atoms with Gasteiger partial charge in [-0.25, -0.2) is 9.59 Å². The molecule has 0 fully saturated rings. The normalized spacial score (nSPS) is 16.8. The number of fused-ring (bicyclic) bond motifs is 1. The highest BCUT2D eigenvalue weighted by Crippen LogP contribution is 2.26. The molecule has 0 aliphatic carbocycles. The van der Waals surface area contributed by atoms with E-state index >= 15 is 0 Å². The number of cyclic esters (lactones) is 2. The SMILES string of the molecule is O=C1OC(=O)c2cc(OC3=CC=IC=C3)ccc21. The maximum Gasteiger partial charge on any atom is 0.347 e. The van der Waals surface area contributed by atoms with Crippen LogP contribution in [0.25, 0.3) is 0 Å². The Hall–Kier alpha value is -1.76. The van der Waals surface area contributed by atoms with E-state index in [-0.39, 0.29) is 31.9 Å². The van der Waals surface area contributed by atoms with Crippen LogP contribution in [0.5, 0.6) is 5.75 Å². The Morgan fingerprint density at radius 2 is 1.94 bits per heavy atom. The van der Waals surface area contributed by atoms with Gasteiger partial charge in [0, 0.05) is 0 Å². The van der Waals surface area contributed by atoms with Crippen molar-refractivity contribution >= 4 is 36.7 Å². The third kappa shape index (κ3) is 2.01. The number of ether oxygens (including phenoxy) is 2. The quantitative estimate of drug-likeness (QED) is 0.465. The second kappa shape index (κ2) is 4.49. The van der Waals surface area contributed by atoms with Crippen molar-refractivity contribution < 1.29 is 19.1 Å². The lowest BCUT2D eigenvalue weighted by molar-refractivity contribution is 0.0443. The second-order valence-corrected chi connectivity index (χ2v) is 5.76. The molecule has 0 N–H and O–H groups in total. The summed E-state index contributed by atoms with van der Waals surface area (Å²) in [5.41, 5.74) is 0.548. The van der Waals surface area contributed by atoms with Crippen LogP contribution in [0.2, 0.25) is 0 Å². The molecule has 0 aromatic heterocycles. The van der Waals surface area contributed by atoms with E-state index in [9.17, 15) is 9.59 Å². The number of carbonyl (C=O) groups is 2. The molecule has 2 aliphatic rings. The van der Waals surface area contributed by atoms with E-state index in [1.807, 2.05) is 12.2 Å². The van der Waals surface area contributed by atoms with E-state index in [1.54, 1.807) is 12.1 Å². The first-order valence-electron chi connectivity index (χ1n) is 5.14. The predicted octanol–water partition coefficient (Wildman–Crippen LogP) is 2.56. The maximum atomic E-state index is 11.4. The summed E-state index contributed by atoms with van der Waals surface area (Å²) < 4.78 is 14.3. The van der Waals surface area contributed by atoms with E-state index in [4.69, 9.17) is 4.74 Å². The summed E-state index contributed by atoms with van der Waals surface area (Å²) >= 11 is 0.0123. The van der Waals surface area contributed by atoms with Gasteiger partial charge in [0.2, 0.25) is 0 Å². The maximum absolute atomic E-state index is 11.4. The van der Waals surface area contributed by atoms with Gasteiger partial charge in [-0.05, 0) is 38.4 Å². The monoisotopic (exact) mass is 354 g/mol. The smallest absolute Gasteiger partial charge is 0.347 e. The van der Waals surface area contributed by atoms with Gasteiger partial charge in [0.15, 0.2) is 0 Å². The van der Waals surface area contributed by atoms with Crippen LogP contribution in [0.15, 0.2) is 40.2 Å². The highest BCUT2D eigenvalue weighted by molar-refractivity contribution is 14.2. The summed E-state index contributed by atoms with van der Waals surface area (Å²) in [7, 11) is 0. The molecule has 1 aromatic carbocycles. The summed E-state index contributed by atoms with van der Waals surface area (Å²) in [6, 6.07) is 4.72. The van der Waals surface area contributed by atoms with Crippen molar-refractivity contribution in [3.05, 3.63) is 51.3 Å². The fourth-order valence-electron chi connectivity index (χ4n) is 1.63. The zero-order valence-electron chi connectivity index (χ0n) is 9.05. The molecule has 3 rings (SSSR count). The van der Waals surface area contributed by atoms with E-state index < -0.39 is 11.9 Å². The molecule has 0 bridgehead atoms. The van der Waals surface area contributed by atoms with Crippen molar-refractivity contribution in [1.82, 2.24) is 0 Å². The Morgan fingerprint density at radius 1 is 1.11 bits per heavy atom. The summed E-state index contributed by atoms with van der Waals surface area (Å²) in [5, 5.41) is 0. The number of halogens is 1. The van der Waals surface area contributed by atoms with Crippen LogP contribution in [-0.4, -0.2) is 16.0 Å². The van der Waals surface area contributed by atoms with E-state index in [0.717, 1.165) is 5.76 Å². The van der Waals surface area contributed by atoms with Crippen molar-refractivity contribution in [2.45, 2.75) is 0 Å². The minimum absolute atomic E-state index is 0.0123. The van der Waals surface area contributed by atoms with E-state index in [1.165, 1.54) is 6.07 Å². The second-order valence-electron chi connectivity index (χ2n) is 3.60. The van der Waals surface area contributed by atoms with Crippen molar-refractivity contribution in [3.63, 3.8) is 0 Å². The number of hydrogen-bond acceptors (Lipinski definition) is 4. The number of carbonyl (C=O) groups excluding carboxylic acids is 2. The van der Waals surface area contributed by atoms with Crippen LogP contribution in [0.1, 0.15) is 20.7 Å². The topological polar surface area (TPSA) is 52.6 Å². The number of benzene rings is 1. The van der Waals surface area contributed by atoms with Crippen LogP contribution in [0.4, 0.5) is 0 Å². The lowest BCUT2D eigenvalue weighted by Gasteiger charge is -2.07. The fraction of sp³-hybridized carbons (Fsp3) is 0. The molecule has 0 saturated carbocycles. The summed E-state index contributed by atoms with van der Waals surface area (Å²) in [6.45, 7) is 0. The van der Waals surface area contributed by atoms with Crippen molar-refractivity contribution in [2.75, 3.05) is 0 Å². The predicted molar refractivity (Wildman–Crippen MR) is 74.1 cm³/mol. The van der Waals surface area contributed by atoms with Gasteiger partial charge in [0.25, 0.3) is 0 Å². The van der Waals surface area contributed by atoms with Crippen LogP contribution in [0.3, 0.4) is 0 Å².